The summed E-state index contributed by atoms with van der Waals surface area (Å²) in [5.41, 5.74) is 1.24. The second kappa shape index (κ2) is 10.0. The largest absolute Gasteiger partial charge is 0.462 e. The number of amides is 1. The SMILES string of the molecule is CCOC(=O)c1sc(N2CC[C@@H](NC(=O)c3[nH]c(C)c(Cl)c3Br)[C@@H](F)C2)nc1-c1ncnn1C. The smallest absolute Gasteiger partial charge is 0.350 e. The van der Waals surface area contributed by atoms with Gasteiger partial charge in [0, 0.05) is 19.3 Å². The second-order valence-corrected chi connectivity index (χ2v) is 9.83. The maximum absolute atomic E-state index is 15.1. The topological polar surface area (TPSA) is 118 Å². The van der Waals surface area contributed by atoms with Crippen LogP contribution in [0, 0.1) is 6.92 Å². The molecule has 0 bridgehead atoms. The summed E-state index contributed by atoms with van der Waals surface area (Å²) in [7, 11) is 1.69. The number of piperidine rings is 1. The van der Waals surface area contributed by atoms with Crippen LogP contribution in [0.2, 0.25) is 5.02 Å². The van der Waals surface area contributed by atoms with Crippen molar-refractivity contribution in [1.82, 2.24) is 30.0 Å². The van der Waals surface area contributed by atoms with Crippen molar-refractivity contribution in [2.24, 2.45) is 7.05 Å². The number of aryl methyl sites for hydroxylation is 2. The van der Waals surface area contributed by atoms with E-state index in [-0.39, 0.29) is 23.7 Å². The van der Waals surface area contributed by atoms with Gasteiger partial charge in [-0.25, -0.2) is 23.8 Å². The number of aromatic nitrogens is 5. The van der Waals surface area contributed by atoms with Crippen LogP contribution >= 0.6 is 38.9 Å². The Morgan fingerprint density at radius 2 is 2.24 bits per heavy atom. The molecular weight excluding hydrogens is 553 g/mol. The maximum atomic E-state index is 15.1. The molecule has 0 saturated carbocycles. The van der Waals surface area contributed by atoms with Gasteiger partial charge in [-0.05, 0) is 36.2 Å². The van der Waals surface area contributed by atoms with Crippen LogP contribution < -0.4 is 10.2 Å². The van der Waals surface area contributed by atoms with E-state index in [1.165, 1.54) is 11.0 Å². The highest BCUT2D eigenvalue weighted by atomic mass is 79.9. The van der Waals surface area contributed by atoms with Crippen LogP contribution in [0.4, 0.5) is 9.52 Å². The molecule has 1 fully saturated rings. The number of H-pyrrole nitrogens is 1. The van der Waals surface area contributed by atoms with Crippen molar-refractivity contribution in [3.63, 3.8) is 0 Å². The van der Waals surface area contributed by atoms with Crippen LogP contribution in [0.1, 0.15) is 39.2 Å². The monoisotopic (exact) mass is 573 g/mol. The second-order valence-electron chi connectivity index (χ2n) is 7.69. The number of hydrogen-bond donors (Lipinski definition) is 2. The lowest BCUT2D eigenvalue weighted by Crippen LogP contribution is -2.52. The Bertz CT molecular complexity index is 1230. The van der Waals surface area contributed by atoms with Crippen LogP contribution in [0.15, 0.2) is 10.8 Å². The average Bonchev–Trinajstić information content (AvgIpc) is 3.49. The number of aromatic amines is 1. The predicted molar refractivity (Wildman–Crippen MR) is 129 cm³/mol. The standard InChI is InChI=1S/C20H22BrClFN7O3S/c1-4-33-19(32)16-15(17-24-8-25-29(17)3)28-20(34-16)30-6-5-11(10(23)7-30)27-18(31)14-12(21)13(22)9(2)26-14/h8,10-11,26H,4-7H2,1-3H3,(H,27,31)/t10-,11+/m0/s1. The van der Waals surface area contributed by atoms with Gasteiger partial charge in [-0.15, -0.1) is 0 Å². The van der Waals surface area contributed by atoms with E-state index in [1.807, 2.05) is 0 Å². The van der Waals surface area contributed by atoms with Crippen molar-refractivity contribution in [2.75, 3.05) is 24.6 Å². The summed E-state index contributed by atoms with van der Waals surface area (Å²) in [6.07, 6.45) is 0.369. The van der Waals surface area contributed by atoms with Gasteiger partial charge >= 0.3 is 5.97 Å². The van der Waals surface area contributed by atoms with Gasteiger partial charge in [0.1, 0.15) is 28.8 Å². The lowest BCUT2D eigenvalue weighted by atomic mass is 10.0. The van der Waals surface area contributed by atoms with Gasteiger partial charge in [-0.3, -0.25) is 4.79 Å². The van der Waals surface area contributed by atoms with Crippen molar-refractivity contribution in [3.8, 4) is 11.5 Å². The van der Waals surface area contributed by atoms with E-state index >= 15 is 4.39 Å². The fourth-order valence-corrected chi connectivity index (χ4v) is 5.36. The van der Waals surface area contributed by atoms with Gasteiger partial charge in [0.05, 0.1) is 28.7 Å². The molecule has 0 spiro atoms. The Morgan fingerprint density at radius 1 is 1.47 bits per heavy atom. The number of halogens is 3. The molecule has 1 saturated heterocycles. The molecule has 182 valence electrons. The number of ether oxygens (including phenoxy) is 1. The molecular formula is C20H22BrClFN7O3S. The van der Waals surface area contributed by atoms with E-state index in [4.69, 9.17) is 16.3 Å². The fraction of sp³-hybridized carbons (Fsp3) is 0.450. The highest BCUT2D eigenvalue weighted by Gasteiger charge is 2.34. The molecule has 1 aliphatic heterocycles. The summed E-state index contributed by atoms with van der Waals surface area (Å²) in [6, 6.07) is -0.680. The number of carbonyl (C=O) groups excluding carboxylic acids is 2. The maximum Gasteiger partial charge on any atom is 0.350 e. The summed E-state index contributed by atoms with van der Waals surface area (Å²) in [5, 5.41) is 7.67. The summed E-state index contributed by atoms with van der Waals surface area (Å²) >= 11 is 10.5. The Morgan fingerprint density at radius 3 is 2.82 bits per heavy atom. The first kappa shape index (κ1) is 24.6. The predicted octanol–water partition coefficient (Wildman–Crippen LogP) is 3.51. The molecule has 4 heterocycles. The lowest BCUT2D eigenvalue weighted by molar-refractivity contribution is 0.0532. The quantitative estimate of drug-likeness (QED) is 0.433. The summed E-state index contributed by atoms with van der Waals surface area (Å²) in [5.74, 6) is -0.546. The van der Waals surface area contributed by atoms with Crippen molar-refractivity contribution >= 4 is 55.9 Å². The first-order valence-corrected chi connectivity index (χ1v) is 12.5. The number of anilines is 1. The number of alkyl halides is 1. The zero-order valence-electron chi connectivity index (χ0n) is 18.6. The van der Waals surface area contributed by atoms with Gasteiger partial charge in [-0.1, -0.05) is 22.9 Å². The van der Waals surface area contributed by atoms with E-state index in [1.54, 1.807) is 25.8 Å². The highest BCUT2D eigenvalue weighted by molar-refractivity contribution is 9.10. The molecule has 10 nitrogen and oxygen atoms in total. The van der Waals surface area contributed by atoms with Gasteiger partial charge in [0.2, 0.25) is 0 Å². The van der Waals surface area contributed by atoms with E-state index < -0.39 is 24.1 Å². The Kier molecular flexibility index (Phi) is 7.24. The van der Waals surface area contributed by atoms with E-state index in [9.17, 15) is 9.59 Å². The average molecular weight is 575 g/mol. The Balaban J connectivity index is 1.50. The van der Waals surface area contributed by atoms with Gasteiger partial charge in [0.15, 0.2) is 11.0 Å². The van der Waals surface area contributed by atoms with Gasteiger partial charge in [0.25, 0.3) is 5.91 Å². The number of esters is 1. The normalized spacial score (nSPS) is 18.2. The van der Waals surface area contributed by atoms with Crippen molar-refractivity contribution < 1.29 is 18.7 Å². The molecule has 0 aromatic carbocycles. The van der Waals surface area contributed by atoms with E-state index in [0.717, 1.165) is 11.3 Å². The minimum atomic E-state index is -1.35. The number of rotatable bonds is 6. The molecule has 0 unspecified atom stereocenters. The third kappa shape index (κ3) is 4.68. The van der Waals surface area contributed by atoms with E-state index in [0.29, 0.717) is 44.8 Å². The molecule has 4 rings (SSSR count). The number of nitrogens with one attached hydrogen (secondary N) is 2. The summed E-state index contributed by atoms with van der Waals surface area (Å²) in [4.78, 5) is 38.9. The van der Waals surface area contributed by atoms with Crippen LogP contribution in [-0.4, -0.2) is 68.5 Å². The zero-order valence-corrected chi connectivity index (χ0v) is 21.7. The van der Waals surface area contributed by atoms with Crippen molar-refractivity contribution in [3.05, 3.63) is 32.1 Å². The summed E-state index contributed by atoms with van der Waals surface area (Å²) < 4.78 is 22.2. The molecule has 34 heavy (non-hydrogen) atoms. The van der Waals surface area contributed by atoms with Crippen LogP contribution in [0.3, 0.4) is 0 Å². The fourth-order valence-electron chi connectivity index (χ4n) is 3.65. The third-order valence-electron chi connectivity index (χ3n) is 5.41. The third-order valence-corrected chi connectivity index (χ3v) is 8.00. The molecule has 2 N–H and O–H groups in total. The lowest BCUT2D eigenvalue weighted by Gasteiger charge is -2.34. The van der Waals surface area contributed by atoms with Crippen LogP contribution in [0.25, 0.3) is 11.5 Å². The van der Waals surface area contributed by atoms with Gasteiger partial charge in [-0.2, -0.15) is 5.10 Å². The molecule has 3 aromatic heterocycles. The highest BCUT2D eigenvalue weighted by Crippen LogP contribution is 2.35. The minimum absolute atomic E-state index is 0.00462. The Labute approximate surface area is 212 Å². The molecule has 0 radical (unpaired) electrons. The Hall–Kier alpha value is -2.51. The number of hydrogen-bond acceptors (Lipinski definition) is 8. The van der Waals surface area contributed by atoms with Crippen LogP contribution in [-0.2, 0) is 11.8 Å². The number of thiazole rings is 1. The number of nitrogens with zero attached hydrogens (tertiary/aromatic N) is 5. The molecule has 3 aromatic rings. The molecule has 1 amide bonds. The van der Waals surface area contributed by atoms with Gasteiger partial charge < -0.3 is 19.9 Å². The zero-order chi connectivity index (χ0) is 24.6. The molecule has 2 atom stereocenters. The van der Waals surface area contributed by atoms with Crippen LogP contribution in [0.5, 0.6) is 0 Å². The first-order valence-electron chi connectivity index (χ1n) is 10.5. The first-order chi connectivity index (χ1) is 16.2. The van der Waals surface area contributed by atoms with Crippen molar-refractivity contribution in [2.45, 2.75) is 32.5 Å². The molecule has 14 heteroatoms. The minimum Gasteiger partial charge on any atom is -0.462 e. The molecule has 0 aliphatic carbocycles. The number of carbonyl (C=O) groups is 2. The van der Waals surface area contributed by atoms with Crippen molar-refractivity contribution in [1.29, 1.82) is 0 Å². The summed E-state index contributed by atoms with van der Waals surface area (Å²) in [6.45, 7) is 4.11. The van der Waals surface area contributed by atoms with E-state index in [2.05, 4.69) is 41.3 Å². The molecule has 1 aliphatic rings.